The fraction of sp³-hybridized carbons (Fsp3) is 0.133. The summed E-state index contributed by atoms with van der Waals surface area (Å²) in [6.07, 6.45) is 7.52. The number of hydrogen-bond acceptors (Lipinski definition) is 3. The first-order valence-corrected chi connectivity index (χ1v) is 6.62. The van der Waals surface area contributed by atoms with Crippen LogP contribution < -0.4 is 9.25 Å². The zero-order valence-electron chi connectivity index (χ0n) is 11.8. The zero-order valence-corrected chi connectivity index (χ0v) is 11.8. The Morgan fingerprint density at radius 1 is 1.05 bits per heavy atom. The number of rotatable bonds is 2. The highest BCUT2D eigenvalue weighted by atomic mass is 16.5. The molecule has 0 aliphatic heterocycles. The summed E-state index contributed by atoms with van der Waals surface area (Å²) in [5.41, 5.74) is 3.92. The molecule has 0 fully saturated rings. The lowest BCUT2D eigenvalue weighted by Crippen LogP contribution is -2.26. The van der Waals surface area contributed by atoms with Crippen LogP contribution in [-0.4, -0.2) is 26.4 Å². The Morgan fingerprint density at radius 3 is 2.57 bits per heavy atom. The van der Waals surface area contributed by atoms with Crippen LogP contribution in [0.5, 0.6) is 5.75 Å². The average Bonchev–Trinajstić information content (AvgIpc) is 3.08. The summed E-state index contributed by atoms with van der Waals surface area (Å²) >= 11 is 0. The standard InChI is InChI=1S/C15H14N5O/c1-18-14-15(17-8-7-16-14)19-9-12(10-20(18)19)11-3-5-13(21-2)6-4-11/h3-10H,1-2H3/q+1. The highest BCUT2D eigenvalue weighted by Gasteiger charge is 2.18. The molecule has 0 spiro atoms. The largest absolute Gasteiger partial charge is 0.497 e. The lowest BCUT2D eigenvalue weighted by atomic mass is 10.1. The first-order valence-electron chi connectivity index (χ1n) is 6.62. The minimum Gasteiger partial charge on any atom is -0.497 e. The average molecular weight is 280 g/mol. The number of benzene rings is 1. The van der Waals surface area contributed by atoms with E-state index in [9.17, 15) is 0 Å². The minimum absolute atomic E-state index is 0.833. The smallest absolute Gasteiger partial charge is 0.346 e. The molecule has 4 aromatic rings. The number of nitrogens with zero attached hydrogens (tertiary/aromatic N) is 5. The molecule has 0 bridgehead atoms. The van der Waals surface area contributed by atoms with Crippen molar-refractivity contribution in [1.29, 1.82) is 0 Å². The van der Waals surface area contributed by atoms with Crippen molar-refractivity contribution >= 4 is 11.3 Å². The molecular formula is C15H14N5O+. The maximum atomic E-state index is 5.19. The molecule has 6 heteroatoms. The van der Waals surface area contributed by atoms with Gasteiger partial charge in [0.1, 0.15) is 18.1 Å². The van der Waals surface area contributed by atoms with Crippen molar-refractivity contribution in [2.45, 2.75) is 0 Å². The third kappa shape index (κ3) is 1.69. The van der Waals surface area contributed by atoms with Crippen molar-refractivity contribution in [3.63, 3.8) is 0 Å². The predicted octanol–water partition coefficient (Wildman–Crippen LogP) is 1.48. The summed E-state index contributed by atoms with van der Waals surface area (Å²) in [6, 6.07) is 8.00. The number of aryl methyl sites for hydroxylation is 1. The molecule has 4 rings (SSSR count). The summed E-state index contributed by atoms with van der Waals surface area (Å²) < 4.78 is 11.1. The van der Waals surface area contributed by atoms with E-state index < -0.39 is 0 Å². The van der Waals surface area contributed by atoms with Gasteiger partial charge in [-0.05, 0) is 17.7 Å². The van der Waals surface area contributed by atoms with Crippen molar-refractivity contribution in [1.82, 2.24) is 19.3 Å². The van der Waals surface area contributed by atoms with Crippen LogP contribution in [-0.2, 0) is 7.05 Å². The molecule has 0 amide bonds. The van der Waals surface area contributed by atoms with Gasteiger partial charge in [0.05, 0.1) is 26.6 Å². The van der Waals surface area contributed by atoms with Gasteiger partial charge in [-0.2, -0.15) is 4.68 Å². The molecule has 0 saturated carbocycles. The Balaban J connectivity index is 1.92. The van der Waals surface area contributed by atoms with Crippen LogP contribution in [0.3, 0.4) is 0 Å². The fourth-order valence-electron chi connectivity index (χ4n) is 2.54. The van der Waals surface area contributed by atoms with E-state index in [4.69, 9.17) is 4.74 Å². The fourth-order valence-corrected chi connectivity index (χ4v) is 2.54. The SMILES string of the molecule is COc1ccc(-c2cn3n(C)c4nccnc4[n+]3c2)cc1. The van der Waals surface area contributed by atoms with E-state index in [2.05, 4.69) is 22.4 Å². The van der Waals surface area contributed by atoms with Crippen molar-refractivity contribution in [2.24, 2.45) is 7.05 Å². The molecule has 0 aliphatic carbocycles. The number of methoxy groups -OCH3 is 1. The molecular weight excluding hydrogens is 266 g/mol. The van der Waals surface area contributed by atoms with Gasteiger partial charge in [-0.3, -0.25) is 0 Å². The summed E-state index contributed by atoms with van der Waals surface area (Å²) in [5, 5.41) is 0. The predicted molar refractivity (Wildman–Crippen MR) is 77.1 cm³/mol. The molecule has 21 heavy (non-hydrogen) atoms. The number of hydrogen-bond donors (Lipinski definition) is 0. The third-order valence-electron chi connectivity index (χ3n) is 3.65. The van der Waals surface area contributed by atoms with Gasteiger partial charge in [0, 0.05) is 5.56 Å². The van der Waals surface area contributed by atoms with E-state index in [1.54, 1.807) is 19.5 Å². The molecule has 6 nitrogen and oxygen atoms in total. The second kappa shape index (κ2) is 4.31. The highest BCUT2D eigenvalue weighted by Crippen LogP contribution is 2.21. The second-order valence-electron chi connectivity index (χ2n) is 4.83. The summed E-state index contributed by atoms with van der Waals surface area (Å²) in [5.74, 6) is 0.853. The topological polar surface area (TPSA) is 48.5 Å². The molecule has 0 radical (unpaired) electrons. The van der Waals surface area contributed by atoms with Crippen LogP contribution in [0, 0.1) is 0 Å². The maximum Gasteiger partial charge on any atom is 0.346 e. The van der Waals surface area contributed by atoms with Crippen molar-refractivity contribution in [3.05, 3.63) is 49.1 Å². The van der Waals surface area contributed by atoms with Gasteiger partial charge in [-0.15, -0.1) is 9.50 Å². The quantitative estimate of drug-likeness (QED) is 0.523. The molecule has 0 aliphatic rings. The zero-order chi connectivity index (χ0) is 14.4. The van der Waals surface area contributed by atoms with Crippen LogP contribution in [0.1, 0.15) is 0 Å². The van der Waals surface area contributed by atoms with E-state index in [-0.39, 0.29) is 0 Å². The third-order valence-corrected chi connectivity index (χ3v) is 3.65. The highest BCUT2D eigenvalue weighted by molar-refractivity contribution is 5.64. The molecule has 3 heterocycles. The van der Waals surface area contributed by atoms with Gasteiger partial charge in [-0.25, -0.2) is 4.98 Å². The second-order valence-corrected chi connectivity index (χ2v) is 4.83. The van der Waals surface area contributed by atoms with Gasteiger partial charge in [0.15, 0.2) is 0 Å². The van der Waals surface area contributed by atoms with Crippen LogP contribution in [0.15, 0.2) is 49.1 Å². The Morgan fingerprint density at radius 2 is 1.81 bits per heavy atom. The van der Waals surface area contributed by atoms with Crippen LogP contribution in [0.25, 0.3) is 22.4 Å². The number of ether oxygens (including phenoxy) is 1. The maximum absolute atomic E-state index is 5.19. The number of aromatic nitrogens is 5. The van der Waals surface area contributed by atoms with Crippen LogP contribution in [0.4, 0.5) is 0 Å². The molecule has 1 aromatic carbocycles. The van der Waals surface area contributed by atoms with Gasteiger partial charge >= 0.3 is 5.65 Å². The normalized spacial score (nSPS) is 11.3. The minimum atomic E-state index is 0.833. The van der Waals surface area contributed by atoms with Crippen molar-refractivity contribution < 1.29 is 9.25 Å². The van der Waals surface area contributed by atoms with E-state index in [0.29, 0.717) is 0 Å². The van der Waals surface area contributed by atoms with E-state index >= 15 is 0 Å². The van der Waals surface area contributed by atoms with E-state index in [1.165, 1.54) is 0 Å². The monoisotopic (exact) mass is 280 g/mol. The Bertz CT molecular complexity index is 936. The Kier molecular flexibility index (Phi) is 2.44. The molecule has 0 atom stereocenters. The molecule has 0 unspecified atom stereocenters. The lowest BCUT2D eigenvalue weighted by molar-refractivity contribution is -0.597. The van der Waals surface area contributed by atoms with Crippen LogP contribution in [0.2, 0.25) is 0 Å². The van der Waals surface area contributed by atoms with Gasteiger partial charge in [0.25, 0.3) is 5.65 Å². The van der Waals surface area contributed by atoms with Gasteiger partial charge in [-0.1, -0.05) is 16.8 Å². The van der Waals surface area contributed by atoms with Gasteiger partial charge in [0.2, 0.25) is 0 Å². The first kappa shape index (κ1) is 11.9. The van der Waals surface area contributed by atoms with Gasteiger partial charge < -0.3 is 4.74 Å². The molecule has 104 valence electrons. The van der Waals surface area contributed by atoms with Crippen molar-refractivity contribution in [2.75, 3.05) is 7.11 Å². The van der Waals surface area contributed by atoms with Crippen LogP contribution >= 0.6 is 0 Å². The lowest BCUT2D eigenvalue weighted by Gasteiger charge is -2.00. The van der Waals surface area contributed by atoms with Crippen molar-refractivity contribution in [3.8, 4) is 16.9 Å². The molecule has 0 saturated heterocycles. The molecule has 0 N–H and O–H groups in total. The summed E-state index contributed by atoms with van der Waals surface area (Å²) in [6.45, 7) is 0. The van der Waals surface area contributed by atoms with E-state index in [1.807, 2.05) is 45.1 Å². The Hall–Kier alpha value is -2.89. The van der Waals surface area contributed by atoms with E-state index in [0.717, 1.165) is 28.2 Å². The summed E-state index contributed by atoms with van der Waals surface area (Å²) in [7, 11) is 3.64. The molecule has 3 aromatic heterocycles. The number of fused-ring (bicyclic) bond motifs is 3. The first-order chi connectivity index (χ1) is 10.3. The summed E-state index contributed by atoms with van der Waals surface area (Å²) in [4.78, 5) is 8.76. The Labute approximate surface area is 120 Å².